The molecule has 2 nitrogen and oxygen atoms in total. The fourth-order valence-corrected chi connectivity index (χ4v) is 1.94. The predicted octanol–water partition coefficient (Wildman–Crippen LogP) is 4.66. The molecule has 0 spiro atoms. The van der Waals surface area contributed by atoms with E-state index in [-0.39, 0.29) is 5.38 Å². The standard InChI is InChI=1S/C13H12Cl2O2/c1-2-16-10-5-3-9(4-6-10)13(15)11-7-8-12(14)17-11/h3-8,13H,2H2,1H3. The molecule has 0 saturated carbocycles. The summed E-state index contributed by atoms with van der Waals surface area (Å²) < 4.78 is 10.6. The molecule has 1 aromatic heterocycles. The second kappa shape index (κ2) is 5.48. The van der Waals surface area contributed by atoms with Gasteiger partial charge in [-0.1, -0.05) is 12.1 Å². The first-order chi connectivity index (χ1) is 8.20. The van der Waals surface area contributed by atoms with Gasteiger partial charge in [0.05, 0.1) is 6.61 Å². The van der Waals surface area contributed by atoms with E-state index >= 15 is 0 Å². The third kappa shape index (κ3) is 2.96. The normalized spacial score (nSPS) is 12.4. The van der Waals surface area contributed by atoms with Crippen LogP contribution >= 0.6 is 23.2 Å². The molecule has 2 aromatic rings. The van der Waals surface area contributed by atoms with Crippen LogP contribution in [0.5, 0.6) is 5.75 Å². The first-order valence-corrected chi connectivity index (χ1v) is 6.14. The van der Waals surface area contributed by atoms with Crippen molar-refractivity contribution in [2.45, 2.75) is 12.3 Å². The summed E-state index contributed by atoms with van der Waals surface area (Å²) in [4.78, 5) is 0. The number of hydrogen-bond acceptors (Lipinski definition) is 2. The summed E-state index contributed by atoms with van der Waals surface area (Å²) in [5.41, 5.74) is 0.945. The highest BCUT2D eigenvalue weighted by molar-refractivity contribution is 6.29. The van der Waals surface area contributed by atoms with Crippen molar-refractivity contribution in [3.63, 3.8) is 0 Å². The summed E-state index contributed by atoms with van der Waals surface area (Å²) in [5.74, 6) is 1.47. The summed E-state index contributed by atoms with van der Waals surface area (Å²) in [6.07, 6.45) is 0. The van der Waals surface area contributed by atoms with Gasteiger partial charge in [-0.05, 0) is 48.4 Å². The molecule has 0 saturated heterocycles. The minimum absolute atomic E-state index is 0.335. The maximum atomic E-state index is 6.28. The highest BCUT2D eigenvalue weighted by Gasteiger charge is 2.14. The summed E-state index contributed by atoms with van der Waals surface area (Å²) in [6.45, 7) is 2.60. The molecule has 0 radical (unpaired) electrons. The van der Waals surface area contributed by atoms with E-state index in [1.807, 2.05) is 31.2 Å². The lowest BCUT2D eigenvalue weighted by Crippen LogP contribution is -1.94. The fraction of sp³-hybridized carbons (Fsp3) is 0.231. The fourth-order valence-electron chi connectivity index (χ4n) is 1.53. The third-order valence-electron chi connectivity index (χ3n) is 2.33. The number of benzene rings is 1. The Hall–Kier alpha value is -1.12. The largest absolute Gasteiger partial charge is 0.494 e. The number of alkyl halides is 1. The van der Waals surface area contributed by atoms with E-state index in [1.54, 1.807) is 12.1 Å². The van der Waals surface area contributed by atoms with Gasteiger partial charge in [0.1, 0.15) is 16.9 Å². The molecule has 1 heterocycles. The summed E-state index contributed by atoms with van der Waals surface area (Å²) in [5, 5.41) is 0.00904. The number of halogens is 2. The van der Waals surface area contributed by atoms with Gasteiger partial charge in [-0.25, -0.2) is 0 Å². The highest BCUT2D eigenvalue weighted by atomic mass is 35.5. The van der Waals surface area contributed by atoms with Crippen LogP contribution in [0.1, 0.15) is 23.6 Å². The highest BCUT2D eigenvalue weighted by Crippen LogP contribution is 2.32. The van der Waals surface area contributed by atoms with Gasteiger partial charge in [0, 0.05) is 0 Å². The van der Waals surface area contributed by atoms with Gasteiger partial charge in [-0.15, -0.1) is 11.6 Å². The molecule has 1 atom stereocenters. The van der Waals surface area contributed by atoms with E-state index < -0.39 is 0 Å². The molecule has 0 fully saturated rings. The van der Waals surface area contributed by atoms with Crippen LogP contribution in [0.2, 0.25) is 5.22 Å². The molecule has 0 N–H and O–H groups in total. The van der Waals surface area contributed by atoms with Gasteiger partial charge < -0.3 is 9.15 Å². The van der Waals surface area contributed by atoms with E-state index in [1.165, 1.54) is 0 Å². The molecule has 0 aliphatic rings. The van der Waals surface area contributed by atoms with E-state index in [4.69, 9.17) is 32.4 Å². The zero-order chi connectivity index (χ0) is 12.3. The van der Waals surface area contributed by atoms with Crippen molar-refractivity contribution >= 4 is 23.2 Å². The lowest BCUT2D eigenvalue weighted by atomic mass is 10.1. The van der Waals surface area contributed by atoms with E-state index in [2.05, 4.69) is 0 Å². The van der Waals surface area contributed by atoms with Crippen LogP contribution in [-0.4, -0.2) is 6.61 Å². The molecule has 0 bridgehead atoms. The van der Waals surface area contributed by atoms with Crippen molar-refractivity contribution in [2.75, 3.05) is 6.61 Å². The third-order valence-corrected chi connectivity index (χ3v) is 3.00. The van der Waals surface area contributed by atoms with Gasteiger partial charge in [0.2, 0.25) is 0 Å². The summed E-state index contributed by atoms with van der Waals surface area (Å²) in [6, 6.07) is 11.1. The Morgan fingerprint density at radius 3 is 2.41 bits per heavy atom. The monoisotopic (exact) mass is 270 g/mol. The van der Waals surface area contributed by atoms with Crippen molar-refractivity contribution in [1.82, 2.24) is 0 Å². The van der Waals surface area contributed by atoms with Crippen LogP contribution in [0.4, 0.5) is 0 Å². The van der Waals surface area contributed by atoms with Gasteiger partial charge >= 0.3 is 0 Å². The van der Waals surface area contributed by atoms with Crippen molar-refractivity contribution in [2.24, 2.45) is 0 Å². The van der Waals surface area contributed by atoms with Gasteiger partial charge in [-0.2, -0.15) is 0 Å². The van der Waals surface area contributed by atoms with Gasteiger partial charge in [0.25, 0.3) is 0 Å². The quantitative estimate of drug-likeness (QED) is 0.754. The van der Waals surface area contributed by atoms with Crippen LogP contribution in [0.15, 0.2) is 40.8 Å². The van der Waals surface area contributed by atoms with E-state index in [9.17, 15) is 0 Å². The smallest absolute Gasteiger partial charge is 0.193 e. The maximum Gasteiger partial charge on any atom is 0.193 e. The molecule has 2 rings (SSSR count). The van der Waals surface area contributed by atoms with Crippen molar-refractivity contribution in [3.8, 4) is 5.75 Å². The molecule has 1 unspecified atom stereocenters. The summed E-state index contributed by atoms with van der Waals surface area (Å²) >= 11 is 12.0. The number of ether oxygens (including phenoxy) is 1. The molecule has 17 heavy (non-hydrogen) atoms. The van der Waals surface area contributed by atoms with Crippen LogP contribution in [-0.2, 0) is 0 Å². The number of hydrogen-bond donors (Lipinski definition) is 0. The molecular weight excluding hydrogens is 259 g/mol. The minimum atomic E-state index is -0.335. The van der Waals surface area contributed by atoms with E-state index in [0.717, 1.165) is 11.3 Å². The first-order valence-electron chi connectivity index (χ1n) is 5.32. The number of furan rings is 1. The predicted molar refractivity (Wildman–Crippen MR) is 69.0 cm³/mol. The topological polar surface area (TPSA) is 22.4 Å². The summed E-state index contributed by atoms with van der Waals surface area (Å²) in [7, 11) is 0. The molecule has 90 valence electrons. The zero-order valence-electron chi connectivity index (χ0n) is 9.32. The Balaban J connectivity index is 2.16. The Morgan fingerprint density at radius 2 is 1.88 bits per heavy atom. The molecule has 0 aliphatic heterocycles. The minimum Gasteiger partial charge on any atom is -0.494 e. The maximum absolute atomic E-state index is 6.28. The van der Waals surface area contributed by atoms with Crippen LogP contribution in [0, 0.1) is 0 Å². The molecule has 4 heteroatoms. The van der Waals surface area contributed by atoms with Crippen LogP contribution in [0.25, 0.3) is 0 Å². The Bertz CT molecular complexity index is 476. The van der Waals surface area contributed by atoms with Crippen molar-refractivity contribution < 1.29 is 9.15 Å². The van der Waals surface area contributed by atoms with Crippen LogP contribution in [0.3, 0.4) is 0 Å². The lowest BCUT2D eigenvalue weighted by Gasteiger charge is -2.08. The molecule has 0 aliphatic carbocycles. The Labute approximate surface area is 110 Å². The Kier molecular flexibility index (Phi) is 3.97. The van der Waals surface area contributed by atoms with Crippen molar-refractivity contribution in [1.29, 1.82) is 0 Å². The van der Waals surface area contributed by atoms with Gasteiger partial charge in [-0.3, -0.25) is 0 Å². The average molecular weight is 271 g/mol. The molecule has 0 amide bonds. The Morgan fingerprint density at radius 1 is 1.18 bits per heavy atom. The van der Waals surface area contributed by atoms with Gasteiger partial charge in [0.15, 0.2) is 5.22 Å². The zero-order valence-corrected chi connectivity index (χ0v) is 10.8. The van der Waals surface area contributed by atoms with E-state index in [0.29, 0.717) is 17.6 Å². The first kappa shape index (κ1) is 12.3. The lowest BCUT2D eigenvalue weighted by molar-refractivity contribution is 0.340. The van der Waals surface area contributed by atoms with Crippen LogP contribution < -0.4 is 4.74 Å². The SMILES string of the molecule is CCOc1ccc(C(Cl)c2ccc(Cl)o2)cc1. The molecular formula is C13H12Cl2O2. The average Bonchev–Trinajstić information content (AvgIpc) is 2.76. The second-order valence-corrected chi connectivity index (χ2v) is 4.32. The number of rotatable bonds is 4. The molecule has 1 aromatic carbocycles. The second-order valence-electron chi connectivity index (χ2n) is 3.51. The van der Waals surface area contributed by atoms with Crippen molar-refractivity contribution in [3.05, 3.63) is 52.9 Å².